The van der Waals surface area contributed by atoms with Crippen molar-refractivity contribution in [3.63, 3.8) is 0 Å². The molecule has 0 aromatic carbocycles. The summed E-state index contributed by atoms with van der Waals surface area (Å²) in [5.41, 5.74) is 0.752. The number of rotatable bonds is 4. The summed E-state index contributed by atoms with van der Waals surface area (Å²) in [5, 5.41) is 3.53. The van der Waals surface area contributed by atoms with Crippen molar-refractivity contribution in [1.82, 2.24) is 10.2 Å². The number of hydrogen-bond acceptors (Lipinski definition) is 3. The van der Waals surface area contributed by atoms with Crippen LogP contribution >= 0.6 is 0 Å². The molecule has 2 atom stereocenters. The average Bonchev–Trinajstić information content (AvgIpc) is 3.10. The van der Waals surface area contributed by atoms with E-state index in [4.69, 9.17) is 4.74 Å². The lowest BCUT2D eigenvalue weighted by Gasteiger charge is -2.41. The molecule has 1 saturated carbocycles. The standard InChI is InChI=1S/C16H30N2O/c1-17-15(14-4-11-19-13-14)12-18-9-7-16(8-10-18)5-2-3-6-16/h14-15,17H,2-13H2,1H3. The van der Waals surface area contributed by atoms with E-state index in [0.29, 0.717) is 6.04 Å². The summed E-state index contributed by atoms with van der Waals surface area (Å²) < 4.78 is 5.55. The van der Waals surface area contributed by atoms with Gasteiger partial charge in [-0.15, -0.1) is 0 Å². The smallest absolute Gasteiger partial charge is 0.0510 e. The summed E-state index contributed by atoms with van der Waals surface area (Å²) in [6.07, 6.45) is 10.1. The molecular weight excluding hydrogens is 236 g/mol. The van der Waals surface area contributed by atoms with E-state index in [2.05, 4.69) is 17.3 Å². The molecule has 1 aliphatic carbocycles. The fourth-order valence-electron chi connectivity index (χ4n) is 4.46. The summed E-state index contributed by atoms with van der Waals surface area (Å²) >= 11 is 0. The Morgan fingerprint density at radius 1 is 1.21 bits per heavy atom. The minimum Gasteiger partial charge on any atom is -0.381 e. The van der Waals surface area contributed by atoms with Gasteiger partial charge in [0.15, 0.2) is 0 Å². The normalized spacial score (nSPS) is 33.0. The Morgan fingerprint density at radius 2 is 1.95 bits per heavy atom. The van der Waals surface area contributed by atoms with E-state index in [1.54, 1.807) is 0 Å². The lowest BCUT2D eigenvalue weighted by atomic mass is 9.77. The number of likely N-dealkylation sites (tertiary alicyclic amines) is 1. The van der Waals surface area contributed by atoms with Gasteiger partial charge in [0.25, 0.3) is 0 Å². The number of nitrogens with zero attached hydrogens (tertiary/aromatic N) is 1. The summed E-state index contributed by atoms with van der Waals surface area (Å²) in [6, 6.07) is 0.625. The quantitative estimate of drug-likeness (QED) is 0.845. The van der Waals surface area contributed by atoms with E-state index in [-0.39, 0.29) is 0 Å². The molecule has 2 heterocycles. The van der Waals surface area contributed by atoms with Gasteiger partial charge >= 0.3 is 0 Å². The van der Waals surface area contributed by atoms with Crippen molar-refractivity contribution < 1.29 is 4.74 Å². The van der Waals surface area contributed by atoms with Crippen molar-refractivity contribution in [2.75, 3.05) is 39.9 Å². The highest BCUT2D eigenvalue weighted by Gasteiger charge is 2.37. The first-order valence-corrected chi connectivity index (χ1v) is 8.29. The van der Waals surface area contributed by atoms with E-state index in [1.165, 1.54) is 64.6 Å². The second-order valence-corrected chi connectivity index (χ2v) is 7.03. The lowest BCUT2D eigenvalue weighted by Crippen LogP contribution is -2.48. The van der Waals surface area contributed by atoms with Crippen LogP contribution in [0.25, 0.3) is 0 Å². The van der Waals surface area contributed by atoms with Gasteiger partial charge in [-0.2, -0.15) is 0 Å². The molecule has 3 nitrogen and oxygen atoms in total. The number of ether oxygens (including phenoxy) is 1. The Hall–Kier alpha value is -0.120. The van der Waals surface area contributed by atoms with Gasteiger partial charge in [0.2, 0.25) is 0 Å². The van der Waals surface area contributed by atoms with Crippen molar-refractivity contribution in [3.05, 3.63) is 0 Å². The highest BCUT2D eigenvalue weighted by Crippen LogP contribution is 2.46. The first kappa shape index (κ1) is 13.8. The van der Waals surface area contributed by atoms with Gasteiger partial charge < -0.3 is 15.0 Å². The van der Waals surface area contributed by atoms with Crippen LogP contribution in [0.3, 0.4) is 0 Å². The molecule has 0 amide bonds. The maximum absolute atomic E-state index is 5.55. The maximum atomic E-state index is 5.55. The summed E-state index contributed by atoms with van der Waals surface area (Å²) in [7, 11) is 2.12. The molecule has 0 bridgehead atoms. The van der Waals surface area contributed by atoms with Crippen molar-refractivity contribution in [2.45, 2.75) is 51.0 Å². The van der Waals surface area contributed by atoms with E-state index >= 15 is 0 Å². The Bertz CT molecular complexity index is 272. The second kappa shape index (κ2) is 6.11. The van der Waals surface area contributed by atoms with E-state index < -0.39 is 0 Å². The third kappa shape index (κ3) is 3.14. The van der Waals surface area contributed by atoms with Crippen molar-refractivity contribution >= 4 is 0 Å². The lowest BCUT2D eigenvalue weighted by molar-refractivity contribution is 0.0914. The molecule has 1 N–H and O–H groups in total. The molecule has 3 heteroatoms. The predicted octanol–water partition coefficient (Wildman–Crippen LogP) is 2.27. The van der Waals surface area contributed by atoms with Gasteiger partial charge in [0.05, 0.1) is 6.61 Å². The highest BCUT2D eigenvalue weighted by atomic mass is 16.5. The molecule has 1 spiro atoms. The monoisotopic (exact) mass is 266 g/mol. The van der Waals surface area contributed by atoms with Crippen molar-refractivity contribution in [1.29, 1.82) is 0 Å². The Morgan fingerprint density at radius 3 is 2.53 bits per heavy atom. The van der Waals surface area contributed by atoms with Gasteiger partial charge in [-0.1, -0.05) is 12.8 Å². The molecule has 0 aromatic rings. The molecule has 2 aliphatic heterocycles. The Labute approximate surface area is 118 Å². The molecule has 110 valence electrons. The van der Waals surface area contributed by atoms with E-state index in [1.807, 2.05) is 0 Å². The zero-order valence-electron chi connectivity index (χ0n) is 12.5. The zero-order valence-corrected chi connectivity index (χ0v) is 12.5. The Kier molecular flexibility index (Phi) is 4.45. The number of piperidine rings is 1. The summed E-state index contributed by atoms with van der Waals surface area (Å²) in [4.78, 5) is 2.70. The van der Waals surface area contributed by atoms with E-state index in [0.717, 1.165) is 24.5 Å². The maximum Gasteiger partial charge on any atom is 0.0510 e. The van der Waals surface area contributed by atoms with Crippen LogP contribution in [0.5, 0.6) is 0 Å². The van der Waals surface area contributed by atoms with Crippen LogP contribution in [0.4, 0.5) is 0 Å². The van der Waals surface area contributed by atoms with Gasteiger partial charge in [0, 0.05) is 25.1 Å². The molecular formula is C16H30N2O. The van der Waals surface area contributed by atoms with Crippen LogP contribution in [0.2, 0.25) is 0 Å². The third-order valence-corrected chi connectivity index (χ3v) is 5.94. The highest BCUT2D eigenvalue weighted by molar-refractivity contribution is 4.91. The Balaban J connectivity index is 1.47. The van der Waals surface area contributed by atoms with Crippen LogP contribution < -0.4 is 5.32 Å². The minimum atomic E-state index is 0.625. The van der Waals surface area contributed by atoms with Crippen LogP contribution in [0.15, 0.2) is 0 Å². The molecule has 2 saturated heterocycles. The van der Waals surface area contributed by atoms with Crippen molar-refractivity contribution in [2.24, 2.45) is 11.3 Å². The first-order valence-electron chi connectivity index (χ1n) is 8.29. The fraction of sp³-hybridized carbons (Fsp3) is 1.00. The third-order valence-electron chi connectivity index (χ3n) is 5.94. The largest absolute Gasteiger partial charge is 0.381 e. The minimum absolute atomic E-state index is 0.625. The van der Waals surface area contributed by atoms with Crippen LogP contribution in [0.1, 0.15) is 44.9 Å². The number of nitrogens with one attached hydrogen (secondary N) is 1. The van der Waals surface area contributed by atoms with Crippen LogP contribution in [0, 0.1) is 11.3 Å². The molecule has 3 fully saturated rings. The van der Waals surface area contributed by atoms with Crippen molar-refractivity contribution in [3.8, 4) is 0 Å². The first-order chi connectivity index (χ1) is 9.31. The van der Waals surface area contributed by atoms with Crippen LogP contribution in [-0.4, -0.2) is 50.8 Å². The summed E-state index contributed by atoms with van der Waals surface area (Å²) in [5.74, 6) is 0.729. The predicted molar refractivity (Wildman–Crippen MR) is 78.3 cm³/mol. The molecule has 0 radical (unpaired) electrons. The topological polar surface area (TPSA) is 24.5 Å². The second-order valence-electron chi connectivity index (χ2n) is 7.03. The van der Waals surface area contributed by atoms with Gasteiger partial charge in [-0.3, -0.25) is 0 Å². The van der Waals surface area contributed by atoms with Gasteiger partial charge in [0.1, 0.15) is 0 Å². The number of hydrogen-bond donors (Lipinski definition) is 1. The molecule has 19 heavy (non-hydrogen) atoms. The molecule has 3 aliphatic rings. The molecule has 3 rings (SSSR count). The molecule has 2 unspecified atom stereocenters. The average molecular weight is 266 g/mol. The van der Waals surface area contributed by atoms with Crippen LogP contribution in [-0.2, 0) is 4.74 Å². The van der Waals surface area contributed by atoms with E-state index in [9.17, 15) is 0 Å². The fourth-order valence-corrected chi connectivity index (χ4v) is 4.46. The molecule has 0 aromatic heterocycles. The zero-order chi connectivity index (χ0) is 13.1. The SMILES string of the molecule is CNC(CN1CCC2(CCCC2)CC1)C1CCOC1. The van der Waals surface area contributed by atoms with Gasteiger partial charge in [-0.25, -0.2) is 0 Å². The van der Waals surface area contributed by atoms with Gasteiger partial charge in [-0.05, 0) is 57.7 Å². The number of likely N-dealkylation sites (N-methyl/N-ethyl adjacent to an activating group) is 1. The summed E-state index contributed by atoms with van der Waals surface area (Å²) in [6.45, 7) is 5.80.